The van der Waals surface area contributed by atoms with Crippen LogP contribution in [0.4, 0.5) is 5.69 Å². The highest BCUT2D eigenvalue weighted by molar-refractivity contribution is 6.33. The first-order valence-electron chi connectivity index (χ1n) is 9.05. The Morgan fingerprint density at radius 2 is 1.69 bits per heavy atom. The lowest BCUT2D eigenvalue weighted by atomic mass is 9.63. The van der Waals surface area contributed by atoms with Crippen LogP contribution in [0.1, 0.15) is 13.3 Å². The molecule has 2 bridgehead atoms. The zero-order valence-electron chi connectivity index (χ0n) is 14.3. The lowest BCUT2D eigenvalue weighted by Crippen LogP contribution is -2.44. The molecule has 3 amide bonds. The second-order valence-electron chi connectivity index (χ2n) is 7.80. The van der Waals surface area contributed by atoms with Crippen LogP contribution in [0.3, 0.4) is 0 Å². The van der Waals surface area contributed by atoms with Gasteiger partial charge in [-0.1, -0.05) is 35.9 Å². The Morgan fingerprint density at radius 3 is 2.23 bits per heavy atom. The second kappa shape index (κ2) is 5.43. The van der Waals surface area contributed by atoms with Crippen molar-refractivity contribution in [2.24, 2.45) is 35.5 Å². The fourth-order valence-electron chi connectivity index (χ4n) is 5.32. The molecule has 1 aromatic carbocycles. The number of amides is 3. The SMILES string of the molecule is CC(=O)N(CN1C(=O)[C@@H]2[C@H]3C=C[C@H]([C@H]4C[C@H]34)[C@@H]2C1=O)c1ccccc1Cl. The molecule has 3 fully saturated rings. The molecule has 5 aliphatic rings. The molecule has 6 atom stereocenters. The summed E-state index contributed by atoms with van der Waals surface area (Å²) in [4.78, 5) is 41.1. The van der Waals surface area contributed by atoms with E-state index in [1.807, 2.05) is 0 Å². The smallest absolute Gasteiger partial charge is 0.235 e. The number of hydrogen-bond acceptors (Lipinski definition) is 3. The molecular formula is C20H19ClN2O3. The minimum atomic E-state index is -0.252. The number of carbonyl (C=O) groups is 3. The average molecular weight is 371 g/mol. The lowest BCUT2D eigenvalue weighted by molar-refractivity contribution is -0.140. The molecule has 1 aliphatic heterocycles. The molecular weight excluding hydrogens is 352 g/mol. The van der Waals surface area contributed by atoms with Crippen LogP contribution in [0, 0.1) is 35.5 Å². The molecule has 5 nitrogen and oxygen atoms in total. The van der Waals surface area contributed by atoms with Gasteiger partial charge in [-0.3, -0.25) is 24.2 Å². The number of para-hydroxylation sites is 1. The molecule has 6 heteroatoms. The van der Waals surface area contributed by atoms with E-state index in [1.165, 1.54) is 16.7 Å². The van der Waals surface area contributed by atoms with E-state index in [2.05, 4.69) is 12.2 Å². The molecule has 6 rings (SSSR count). The van der Waals surface area contributed by atoms with Crippen LogP contribution in [-0.2, 0) is 14.4 Å². The van der Waals surface area contributed by atoms with Gasteiger partial charge in [0.25, 0.3) is 0 Å². The van der Waals surface area contributed by atoms with Gasteiger partial charge in [0.15, 0.2) is 0 Å². The number of nitrogens with zero attached hydrogens (tertiary/aromatic N) is 2. The van der Waals surface area contributed by atoms with E-state index < -0.39 is 0 Å². The largest absolute Gasteiger partial charge is 0.292 e. The van der Waals surface area contributed by atoms with Crippen LogP contribution in [0.25, 0.3) is 0 Å². The predicted molar refractivity (Wildman–Crippen MR) is 96.0 cm³/mol. The van der Waals surface area contributed by atoms with Gasteiger partial charge in [-0.2, -0.15) is 0 Å². The Hall–Kier alpha value is -2.14. The van der Waals surface area contributed by atoms with Gasteiger partial charge in [-0.25, -0.2) is 0 Å². The number of benzene rings is 1. The van der Waals surface area contributed by atoms with Gasteiger partial charge in [0.2, 0.25) is 17.7 Å². The zero-order chi connectivity index (χ0) is 18.2. The summed E-state index contributed by atoms with van der Waals surface area (Å²) in [5, 5.41) is 0.419. The Kier molecular flexibility index (Phi) is 3.35. The fourth-order valence-corrected chi connectivity index (χ4v) is 5.55. The first-order valence-corrected chi connectivity index (χ1v) is 9.43. The van der Waals surface area contributed by atoms with Crippen molar-refractivity contribution < 1.29 is 14.4 Å². The van der Waals surface area contributed by atoms with Gasteiger partial charge in [0, 0.05) is 6.92 Å². The van der Waals surface area contributed by atoms with E-state index in [4.69, 9.17) is 11.6 Å². The van der Waals surface area contributed by atoms with Crippen LogP contribution >= 0.6 is 11.6 Å². The van der Waals surface area contributed by atoms with E-state index >= 15 is 0 Å². The van der Waals surface area contributed by atoms with E-state index in [1.54, 1.807) is 24.3 Å². The van der Waals surface area contributed by atoms with E-state index in [-0.39, 0.29) is 48.1 Å². The minimum absolute atomic E-state index is 0.0709. The maximum atomic E-state index is 13.1. The number of rotatable bonds is 3. The van der Waals surface area contributed by atoms with Crippen LogP contribution in [0.15, 0.2) is 36.4 Å². The summed E-state index contributed by atoms with van der Waals surface area (Å²) in [5.41, 5.74) is 0.515. The van der Waals surface area contributed by atoms with Gasteiger partial charge >= 0.3 is 0 Å². The minimum Gasteiger partial charge on any atom is -0.292 e. The fraction of sp³-hybridized carbons (Fsp3) is 0.450. The molecule has 0 aromatic heterocycles. The van der Waals surface area contributed by atoms with Gasteiger partial charge in [-0.15, -0.1) is 0 Å². The summed E-state index contributed by atoms with van der Waals surface area (Å²) in [6, 6.07) is 6.98. The molecule has 26 heavy (non-hydrogen) atoms. The van der Waals surface area contributed by atoms with Crippen molar-refractivity contribution >= 4 is 35.0 Å². The Morgan fingerprint density at radius 1 is 1.12 bits per heavy atom. The standard InChI is InChI=1S/C20H19ClN2O3/c1-10(24)22(16-5-3-2-4-15(16)21)9-23-19(25)17-11-6-7-12(14-8-13(11)14)18(17)20(23)26/h2-7,11-14,17-18H,8-9H2,1H3/t11-,12+,13-,14-,17+,18-/m1/s1. The summed E-state index contributed by atoms with van der Waals surface area (Å²) in [6.45, 7) is 1.35. The van der Waals surface area contributed by atoms with Crippen molar-refractivity contribution in [3.63, 3.8) is 0 Å². The summed E-state index contributed by atoms with van der Waals surface area (Å²) in [5.74, 6) is 0.474. The maximum Gasteiger partial charge on any atom is 0.235 e. The first kappa shape index (κ1) is 16.1. The van der Waals surface area contributed by atoms with Crippen molar-refractivity contribution in [1.82, 2.24) is 4.90 Å². The van der Waals surface area contributed by atoms with Crippen LogP contribution < -0.4 is 4.90 Å². The summed E-state index contributed by atoms with van der Waals surface area (Å²) >= 11 is 6.23. The summed E-state index contributed by atoms with van der Waals surface area (Å²) < 4.78 is 0. The topological polar surface area (TPSA) is 57.7 Å². The van der Waals surface area contributed by atoms with Crippen LogP contribution in [-0.4, -0.2) is 29.3 Å². The summed E-state index contributed by atoms with van der Waals surface area (Å²) in [7, 11) is 0. The highest BCUT2D eigenvalue weighted by atomic mass is 35.5. The molecule has 0 N–H and O–H groups in total. The quantitative estimate of drug-likeness (QED) is 0.607. The Labute approximate surface area is 156 Å². The molecule has 134 valence electrons. The number of imide groups is 1. The van der Waals surface area contributed by atoms with Gasteiger partial charge < -0.3 is 0 Å². The third-order valence-electron chi connectivity index (χ3n) is 6.56. The lowest BCUT2D eigenvalue weighted by Gasteiger charge is -2.37. The normalized spacial score (nSPS) is 36.2. The number of anilines is 1. The molecule has 4 aliphatic carbocycles. The van der Waals surface area contributed by atoms with Gasteiger partial charge in [0.05, 0.1) is 22.5 Å². The predicted octanol–water partition coefficient (Wildman–Crippen LogP) is 2.70. The number of carbonyl (C=O) groups excluding carboxylic acids is 3. The number of likely N-dealkylation sites (tertiary alicyclic amines) is 1. The van der Waals surface area contributed by atoms with Crippen molar-refractivity contribution in [3.05, 3.63) is 41.4 Å². The average Bonchev–Trinajstić information content (AvgIpc) is 3.40. The number of allylic oxidation sites excluding steroid dienone is 2. The summed E-state index contributed by atoms with van der Waals surface area (Å²) in [6.07, 6.45) is 5.42. The van der Waals surface area contributed by atoms with E-state index in [0.717, 1.165) is 6.42 Å². The second-order valence-corrected chi connectivity index (χ2v) is 8.21. The van der Waals surface area contributed by atoms with E-state index in [0.29, 0.717) is 22.5 Å². The molecule has 0 radical (unpaired) electrons. The molecule has 1 saturated heterocycles. The first-order chi connectivity index (χ1) is 12.5. The molecule has 0 spiro atoms. The highest BCUT2D eigenvalue weighted by Gasteiger charge is 2.67. The Bertz CT molecular complexity index is 830. The third-order valence-corrected chi connectivity index (χ3v) is 6.88. The zero-order valence-corrected chi connectivity index (χ0v) is 15.1. The molecule has 1 aromatic rings. The number of halogens is 1. The van der Waals surface area contributed by atoms with Crippen LogP contribution in [0.5, 0.6) is 0 Å². The van der Waals surface area contributed by atoms with Crippen molar-refractivity contribution in [3.8, 4) is 0 Å². The maximum absolute atomic E-state index is 13.1. The monoisotopic (exact) mass is 370 g/mol. The molecule has 0 unspecified atom stereocenters. The van der Waals surface area contributed by atoms with Gasteiger partial charge in [-0.05, 0) is 42.2 Å². The molecule has 2 saturated carbocycles. The number of hydrogen-bond donors (Lipinski definition) is 0. The molecule has 1 heterocycles. The van der Waals surface area contributed by atoms with Crippen molar-refractivity contribution in [2.45, 2.75) is 13.3 Å². The van der Waals surface area contributed by atoms with Crippen molar-refractivity contribution in [2.75, 3.05) is 11.6 Å². The Balaban J connectivity index is 1.46. The van der Waals surface area contributed by atoms with Crippen LogP contribution in [0.2, 0.25) is 5.02 Å². The van der Waals surface area contributed by atoms with E-state index in [9.17, 15) is 14.4 Å². The van der Waals surface area contributed by atoms with Gasteiger partial charge in [0.1, 0.15) is 6.67 Å². The highest BCUT2D eigenvalue weighted by Crippen LogP contribution is 2.65. The third kappa shape index (κ3) is 2.07. The van der Waals surface area contributed by atoms with Crippen molar-refractivity contribution in [1.29, 1.82) is 0 Å².